The fourth-order valence-corrected chi connectivity index (χ4v) is 4.69. The Labute approximate surface area is 208 Å². The van der Waals surface area contributed by atoms with E-state index in [1.165, 1.54) is 11.8 Å². The predicted molar refractivity (Wildman–Crippen MR) is 135 cm³/mol. The molecule has 9 heteroatoms. The number of thioether (sulfide) groups is 1. The standard InChI is InChI=1S/C25H27ClN4O3S/c1-4-7-14-34-25-27-23-22(28-29-25)19-15-17(26)10-13-20(19)30(21(31)5-2)24(33-23)16-8-11-18(12-9-16)32-6-3/h8-13,15,24H,4-7,14H2,1-3H3/t24-/m0/s1. The molecule has 2 aromatic carbocycles. The molecule has 0 N–H and O–H groups in total. The van der Waals surface area contributed by atoms with E-state index in [1.807, 2.05) is 44.2 Å². The van der Waals surface area contributed by atoms with E-state index >= 15 is 0 Å². The lowest BCUT2D eigenvalue weighted by molar-refractivity contribution is -0.120. The first-order valence-corrected chi connectivity index (χ1v) is 12.8. The zero-order valence-electron chi connectivity index (χ0n) is 19.5. The number of nitrogens with zero attached hydrogens (tertiary/aromatic N) is 4. The zero-order valence-corrected chi connectivity index (χ0v) is 21.0. The van der Waals surface area contributed by atoms with Crippen LogP contribution in [0.15, 0.2) is 47.6 Å². The number of halogens is 1. The predicted octanol–water partition coefficient (Wildman–Crippen LogP) is 6.32. The second kappa shape index (κ2) is 11.1. The Morgan fingerprint density at radius 2 is 1.94 bits per heavy atom. The third kappa shape index (κ3) is 5.13. The van der Waals surface area contributed by atoms with Crippen molar-refractivity contribution in [3.63, 3.8) is 0 Å². The number of carbonyl (C=O) groups is 1. The molecule has 1 atom stereocenters. The maximum Gasteiger partial charge on any atom is 0.247 e. The molecular formula is C25H27ClN4O3S. The Bertz CT molecular complexity index is 1160. The van der Waals surface area contributed by atoms with E-state index in [4.69, 9.17) is 21.1 Å². The maximum absolute atomic E-state index is 13.2. The molecule has 1 aromatic heterocycles. The van der Waals surface area contributed by atoms with E-state index in [1.54, 1.807) is 17.0 Å². The van der Waals surface area contributed by atoms with Gasteiger partial charge in [-0.1, -0.05) is 43.6 Å². The Morgan fingerprint density at radius 1 is 1.15 bits per heavy atom. The number of rotatable bonds is 8. The lowest BCUT2D eigenvalue weighted by Gasteiger charge is -2.30. The maximum atomic E-state index is 13.2. The van der Waals surface area contributed by atoms with Gasteiger partial charge >= 0.3 is 0 Å². The molecule has 178 valence electrons. The largest absolute Gasteiger partial charge is 0.494 e. The SMILES string of the molecule is CCCCSc1nnc2c(n1)O[C@@H](c1ccc(OCC)cc1)N(C(=O)CC)c1ccc(Cl)cc1-2. The summed E-state index contributed by atoms with van der Waals surface area (Å²) in [5.74, 6) is 1.87. The van der Waals surface area contributed by atoms with Crippen LogP contribution in [0.1, 0.15) is 51.8 Å². The lowest BCUT2D eigenvalue weighted by atomic mass is 10.1. The molecule has 2 heterocycles. The van der Waals surface area contributed by atoms with Crippen molar-refractivity contribution in [2.75, 3.05) is 17.3 Å². The second-order valence-corrected chi connectivity index (χ2v) is 9.20. The summed E-state index contributed by atoms with van der Waals surface area (Å²) in [6, 6.07) is 12.9. The van der Waals surface area contributed by atoms with Gasteiger partial charge in [-0.25, -0.2) is 0 Å². The van der Waals surface area contributed by atoms with Crippen molar-refractivity contribution in [2.24, 2.45) is 0 Å². The number of aromatic nitrogens is 3. The number of fused-ring (bicyclic) bond motifs is 3. The van der Waals surface area contributed by atoms with Gasteiger partial charge in [-0.2, -0.15) is 4.98 Å². The number of amides is 1. The average Bonchev–Trinajstić information content (AvgIpc) is 2.98. The third-order valence-electron chi connectivity index (χ3n) is 5.34. The zero-order chi connectivity index (χ0) is 24.1. The van der Waals surface area contributed by atoms with Gasteiger partial charge in [0.1, 0.15) is 5.75 Å². The van der Waals surface area contributed by atoms with Crippen LogP contribution in [0.3, 0.4) is 0 Å². The molecule has 0 saturated carbocycles. The lowest BCUT2D eigenvalue weighted by Crippen LogP contribution is -2.37. The van der Waals surface area contributed by atoms with Crippen molar-refractivity contribution < 1.29 is 14.3 Å². The molecular weight excluding hydrogens is 472 g/mol. The fraction of sp³-hybridized carbons (Fsp3) is 0.360. The molecule has 0 aliphatic carbocycles. The number of benzene rings is 2. The molecule has 4 rings (SSSR count). The van der Waals surface area contributed by atoms with Gasteiger partial charge in [0.05, 0.1) is 12.3 Å². The molecule has 3 aromatic rings. The summed E-state index contributed by atoms with van der Waals surface area (Å²) in [6.07, 6.45) is 1.70. The molecule has 7 nitrogen and oxygen atoms in total. The van der Waals surface area contributed by atoms with Crippen LogP contribution in [0.2, 0.25) is 5.02 Å². The van der Waals surface area contributed by atoms with Crippen LogP contribution < -0.4 is 14.4 Å². The molecule has 0 saturated heterocycles. The van der Waals surface area contributed by atoms with Gasteiger partial charge in [0.25, 0.3) is 0 Å². The number of hydrogen-bond acceptors (Lipinski definition) is 7. The van der Waals surface area contributed by atoms with Crippen LogP contribution in [-0.4, -0.2) is 33.4 Å². The van der Waals surface area contributed by atoms with Gasteiger partial charge in [0.2, 0.25) is 23.2 Å². The first-order chi connectivity index (χ1) is 16.5. The summed E-state index contributed by atoms with van der Waals surface area (Å²) in [7, 11) is 0. The number of carbonyl (C=O) groups excluding carboxylic acids is 1. The van der Waals surface area contributed by atoms with Crippen molar-refractivity contribution in [3.05, 3.63) is 53.1 Å². The molecule has 0 spiro atoms. The van der Waals surface area contributed by atoms with E-state index in [0.717, 1.165) is 29.9 Å². The molecule has 1 aliphatic heterocycles. The van der Waals surface area contributed by atoms with E-state index in [0.29, 0.717) is 46.0 Å². The van der Waals surface area contributed by atoms with Gasteiger partial charge in [0.15, 0.2) is 5.69 Å². The Hall–Kier alpha value is -2.84. The van der Waals surface area contributed by atoms with Gasteiger partial charge < -0.3 is 9.47 Å². The normalized spacial score (nSPS) is 14.6. The summed E-state index contributed by atoms with van der Waals surface area (Å²) in [4.78, 5) is 19.6. The highest BCUT2D eigenvalue weighted by Gasteiger charge is 2.35. The molecule has 0 radical (unpaired) electrons. The quantitative estimate of drug-likeness (QED) is 0.265. The van der Waals surface area contributed by atoms with Crippen molar-refractivity contribution in [3.8, 4) is 22.9 Å². The van der Waals surface area contributed by atoms with Crippen LogP contribution in [0.4, 0.5) is 5.69 Å². The summed E-state index contributed by atoms with van der Waals surface area (Å²) in [6.45, 7) is 6.47. The molecule has 0 unspecified atom stereocenters. The van der Waals surface area contributed by atoms with Crippen LogP contribution in [-0.2, 0) is 4.79 Å². The number of ether oxygens (including phenoxy) is 2. The van der Waals surface area contributed by atoms with Crippen LogP contribution in [0, 0.1) is 0 Å². The average molecular weight is 499 g/mol. The van der Waals surface area contributed by atoms with E-state index in [9.17, 15) is 4.79 Å². The minimum atomic E-state index is -0.741. The summed E-state index contributed by atoms with van der Waals surface area (Å²) >= 11 is 7.88. The van der Waals surface area contributed by atoms with Gasteiger partial charge in [-0.3, -0.25) is 9.69 Å². The highest BCUT2D eigenvalue weighted by molar-refractivity contribution is 7.99. The van der Waals surface area contributed by atoms with E-state index in [-0.39, 0.29) is 5.91 Å². The number of anilines is 1. The van der Waals surface area contributed by atoms with Crippen LogP contribution >= 0.6 is 23.4 Å². The number of unbranched alkanes of at least 4 members (excludes halogenated alkanes) is 1. The molecule has 1 aliphatic rings. The highest BCUT2D eigenvalue weighted by Crippen LogP contribution is 2.44. The van der Waals surface area contributed by atoms with Crippen LogP contribution in [0.5, 0.6) is 11.6 Å². The fourth-order valence-electron chi connectivity index (χ4n) is 3.66. The summed E-state index contributed by atoms with van der Waals surface area (Å²) in [5, 5.41) is 9.83. The monoisotopic (exact) mass is 498 g/mol. The van der Waals surface area contributed by atoms with Crippen molar-refractivity contribution >= 4 is 35.0 Å². The van der Waals surface area contributed by atoms with E-state index in [2.05, 4.69) is 22.1 Å². The minimum Gasteiger partial charge on any atom is -0.494 e. The first kappa shape index (κ1) is 24.3. The van der Waals surface area contributed by atoms with Crippen molar-refractivity contribution in [2.45, 2.75) is 51.4 Å². The van der Waals surface area contributed by atoms with E-state index < -0.39 is 6.23 Å². The molecule has 0 fully saturated rings. The Kier molecular flexibility index (Phi) is 7.90. The highest BCUT2D eigenvalue weighted by atomic mass is 35.5. The number of hydrogen-bond donors (Lipinski definition) is 0. The first-order valence-electron chi connectivity index (χ1n) is 11.4. The Balaban J connectivity index is 1.85. The Morgan fingerprint density at radius 3 is 2.65 bits per heavy atom. The van der Waals surface area contributed by atoms with Crippen molar-refractivity contribution in [1.82, 2.24) is 15.2 Å². The van der Waals surface area contributed by atoms with Gasteiger partial charge in [-0.15, -0.1) is 10.2 Å². The third-order valence-corrected chi connectivity index (χ3v) is 6.50. The van der Waals surface area contributed by atoms with Gasteiger partial charge in [-0.05, 0) is 55.8 Å². The molecule has 1 amide bonds. The van der Waals surface area contributed by atoms with Crippen molar-refractivity contribution in [1.29, 1.82) is 0 Å². The molecule has 34 heavy (non-hydrogen) atoms. The van der Waals surface area contributed by atoms with Gasteiger partial charge in [0, 0.05) is 28.3 Å². The smallest absolute Gasteiger partial charge is 0.247 e. The van der Waals surface area contributed by atoms with Crippen LogP contribution in [0.25, 0.3) is 11.3 Å². The summed E-state index contributed by atoms with van der Waals surface area (Å²) < 4.78 is 12.0. The molecule has 0 bridgehead atoms. The summed E-state index contributed by atoms with van der Waals surface area (Å²) in [5.41, 5.74) is 2.55. The minimum absolute atomic E-state index is 0.0965. The topological polar surface area (TPSA) is 77.4 Å². The second-order valence-electron chi connectivity index (χ2n) is 7.70.